The highest BCUT2D eigenvalue weighted by atomic mass is 16.6. The van der Waals surface area contributed by atoms with Crippen molar-refractivity contribution in [2.45, 2.75) is 6.92 Å². The summed E-state index contributed by atoms with van der Waals surface area (Å²) in [6, 6.07) is 0. The van der Waals surface area contributed by atoms with Gasteiger partial charge < -0.3 is 9.84 Å². The lowest BCUT2D eigenvalue weighted by Crippen LogP contribution is -2.07. The molecule has 0 saturated heterocycles. The van der Waals surface area contributed by atoms with Crippen LogP contribution in [0.25, 0.3) is 0 Å². The summed E-state index contributed by atoms with van der Waals surface area (Å²) in [6.07, 6.45) is 3.69. The van der Waals surface area contributed by atoms with Crippen LogP contribution < -0.4 is 0 Å². The molecule has 5 heteroatoms. The summed E-state index contributed by atoms with van der Waals surface area (Å²) in [5, 5.41) is 8.11. The Bertz CT molecular complexity index is 288. The number of ether oxygens (including phenoxy) is 1. The molecule has 0 aromatic heterocycles. The Hall–Kier alpha value is -2.17. The van der Waals surface area contributed by atoms with E-state index in [4.69, 9.17) is 5.11 Å². The number of hydrogen-bond donors (Lipinski definition) is 1. The van der Waals surface area contributed by atoms with E-state index >= 15 is 0 Å². The van der Waals surface area contributed by atoms with Crippen LogP contribution in [0.4, 0.5) is 0 Å². The summed E-state index contributed by atoms with van der Waals surface area (Å²) in [4.78, 5) is 31.1. The Labute approximate surface area is 87.4 Å². The molecule has 0 spiro atoms. The molecule has 0 aromatic carbocycles. The Morgan fingerprint density at radius 1 is 1.07 bits per heavy atom. The average molecular weight is 212 g/mol. The van der Waals surface area contributed by atoms with Crippen LogP contribution in [0.5, 0.6) is 0 Å². The van der Waals surface area contributed by atoms with Gasteiger partial charge in [0.05, 0.1) is 0 Å². The van der Waals surface area contributed by atoms with Gasteiger partial charge in [-0.15, -0.1) is 13.2 Å². The minimum Gasteiger partial charge on any atom is -0.478 e. The first kappa shape index (κ1) is 15.3. The molecule has 0 amide bonds. The van der Waals surface area contributed by atoms with Crippen molar-refractivity contribution >= 4 is 17.9 Å². The van der Waals surface area contributed by atoms with Crippen molar-refractivity contribution in [3.8, 4) is 0 Å². The molecule has 0 atom stereocenters. The number of carbonyl (C=O) groups excluding carboxylic acids is 2. The monoisotopic (exact) mass is 212 g/mol. The van der Waals surface area contributed by atoms with Crippen LogP contribution in [0.3, 0.4) is 0 Å². The first-order valence-corrected chi connectivity index (χ1v) is 3.85. The molecule has 15 heavy (non-hydrogen) atoms. The van der Waals surface area contributed by atoms with Crippen LogP contribution in [-0.4, -0.2) is 23.0 Å². The molecule has 0 aliphatic heterocycles. The molecule has 0 bridgehead atoms. The van der Waals surface area contributed by atoms with Crippen LogP contribution in [0, 0.1) is 0 Å². The van der Waals surface area contributed by atoms with Gasteiger partial charge in [0.25, 0.3) is 0 Å². The second-order valence-corrected chi connectivity index (χ2v) is 1.91. The topological polar surface area (TPSA) is 80.7 Å². The van der Waals surface area contributed by atoms with Crippen LogP contribution in [0.2, 0.25) is 0 Å². The van der Waals surface area contributed by atoms with Crippen molar-refractivity contribution in [3.63, 3.8) is 0 Å². The Kier molecular flexibility index (Phi) is 10.1. The first-order valence-electron chi connectivity index (χ1n) is 3.85. The van der Waals surface area contributed by atoms with E-state index in [1.165, 1.54) is 6.08 Å². The zero-order valence-electron chi connectivity index (χ0n) is 8.30. The maximum atomic E-state index is 10.6. The molecule has 0 aliphatic rings. The molecule has 0 heterocycles. The van der Waals surface area contributed by atoms with E-state index in [0.717, 1.165) is 6.08 Å². The molecule has 0 rings (SSSR count). The fourth-order valence-electron chi connectivity index (χ4n) is 0.443. The summed E-state index contributed by atoms with van der Waals surface area (Å²) < 4.78 is 4.13. The molecular weight excluding hydrogens is 200 g/mol. The largest absolute Gasteiger partial charge is 0.478 e. The molecule has 0 unspecified atom stereocenters. The lowest BCUT2D eigenvalue weighted by atomic mass is 10.5. The second kappa shape index (κ2) is 9.91. The number of allylic oxidation sites excluding steroid dienone is 1. The van der Waals surface area contributed by atoms with Gasteiger partial charge in [0, 0.05) is 18.2 Å². The molecule has 82 valence electrons. The summed E-state index contributed by atoms with van der Waals surface area (Å²) in [7, 11) is 0. The lowest BCUT2D eigenvalue weighted by molar-refractivity contribution is -0.152. The summed E-state index contributed by atoms with van der Waals surface area (Å²) in [5.41, 5.74) is 0. The van der Waals surface area contributed by atoms with E-state index in [9.17, 15) is 14.4 Å². The molecule has 0 saturated carbocycles. The average Bonchev–Trinajstić information content (AvgIpc) is 2.18. The minimum absolute atomic E-state index is 0.589. The zero-order valence-corrected chi connectivity index (χ0v) is 8.30. The minimum atomic E-state index is -1.28. The van der Waals surface area contributed by atoms with Crippen molar-refractivity contribution in [2.24, 2.45) is 0 Å². The first-order chi connectivity index (χ1) is 7.06. The number of rotatable bonds is 3. The normalized spacial score (nSPS) is 9.40. The van der Waals surface area contributed by atoms with Crippen molar-refractivity contribution < 1.29 is 24.2 Å². The number of hydrogen-bond acceptors (Lipinski definition) is 4. The van der Waals surface area contributed by atoms with Gasteiger partial charge in [-0.1, -0.05) is 6.08 Å². The third kappa shape index (κ3) is 11.8. The predicted molar refractivity (Wildman–Crippen MR) is 53.9 cm³/mol. The Balaban J connectivity index is 0. The lowest BCUT2D eigenvalue weighted by Gasteiger charge is -1.92. The van der Waals surface area contributed by atoms with Crippen molar-refractivity contribution in [1.29, 1.82) is 0 Å². The van der Waals surface area contributed by atoms with E-state index in [1.54, 1.807) is 6.92 Å². The number of carboxylic acids is 1. The van der Waals surface area contributed by atoms with E-state index in [-0.39, 0.29) is 0 Å². The molecule has 0 aromatic rings. The van der Waals surface area contributed by atoms with Crippen molar-refractivity contribution in [1.82, 2.24) is 0 Å². The Morgan fingerprint density at radius 2 is 1.53 bits per heavy atom. The quantitative estimate of drug-likeness (QED) is 0.327. The molecular formula is C10H12O5. The van der Waals surface area contributed by atoms with Gasteiger partial charge in [0.15, 0.2) is 0 Å². The standard InChI is InChI=1S/C8H8O5.C2H4/c1-2-3-7(11)13-8(12)5-4-6(9)10;1-2/h2-5H,1H3,(H,9,10);1-2H2/b3-2?,5-4-;. The zero-order chi connectivity index (χ0) is 12.3. The highest BCUT2D eigenvalue weighted by Gasteiger charge is 2.02. The third-order valence-electron chi connectivity index (χ3n) is 0.866. The summed E-state index contributed by atoms with van der Waals surface area (Å²) in [5.74, 6) is -3.12. The van der Waals surface area contributed by atoms with E-state index < -0.39 is 17.9 Å². The van der Waals surface area contributed by atoms with Gasteiger partial charge in [0.2, 0.25) is 0 Å². The van der Waals surface area contributed by atoms with Gasteiger partial charge in [-0.3, -0.25) is 0 Å². The van der Waals surface area contributed by atoms with Gasteiger partial charge in [-0.05, 0) is 6.92 Å². The molecule has 0 radical (unpaired) electrons. The van der Waals surface area contributed by atoms with Crippen LogP contribution in [0.1, 0.15) is 6.92 Å². The van der Waals surface area contributed by atoms with Gasteiger partial charge in [-0.25, -0.2) is 14.4 Å². The Morgan fingerprint density at radius 3 is 1.93 bits per heavy atom. The van der Waals surface area contributed by atoms with Crippen LogP contribution >= 0.6 is 0 Å². The number of esters is 2. The number of carbonyl (C=O) groups is 3. The van der Waals surface area contributed by atoms with Gasteiger partial charge in [0.1, 0.15) is 0 Å². The fourth-order valence-corrected chi connectivity index (χ4v) is 0.443. The third-order valence-corrected chi connectivity index (χ3v) is 0.866. The maximum Gasteiger partial charge on any atom is 0.338 e. The van der Waals surface area contributed by atoms with Gasteiger partial charge >= 0.3 is 17.9 Å². The highest BCUT2D eigenvalue weighted by molar-refractivity contribution is 5.98. The number of aliphatic carboxylic acids is 1. The van der Waals surface area contributed by atoms with Crippen LogP contribution in [-0.2, 0) is 19.1 Å². The molecule has 1 N–H and O–H groups in total. The second-order valence-electron chi connectivity index (χ2n) is 1.91. The van der Waals surface area contributed by atoms with Gasteiger partial charge in [-0.2, -0.15) is 0 Å². The maximum absolute atomic E-state index is 10.6. The van der Waals surface area contributed by atoms with E-state index in [2.05, 4.69) is 17.9 Å². The molecule has 5 nitrogen and oxygen atoms in total. The van der Waals surface area contributed by atoms with Crippen molar-refractivity contribution in [2.75, 3.05) is 0 Å². The van der Waals surface area contributed by atoms with E-state index in [0.29, 0.717) is 12.2 Å². The fraction of sp³-hybridized carbons (Fsp3) is 0.100. The van der Waals surface area contributed by atoms with Crippen LogP contribution in [0.15, 0.2) is 37.5 Å². The highest BCUT2D eigenvalue weighted by Crippen LogP contribution is 1.85. The smallest absolute Gasteiger partial charge is 0.338 e. The summed E-state index contributed by atoms with van der Waals surface area (Å²) in [6.45, 7) is 7.58. The molecule has 0 aliphatic carbocycles. The predicted octanol–water partition coefficient (Wildman–Crippen LogP) is 1.08. The van der Waals surface area contributed by atoms with Crippen molar-refractivity contribution in [3.05, 3.63) is 37.5 Å². The van der Waals surface area contributed by atoms with E-state index in [1.807, 2.05) is 0 Å². The summed E-state index contributed by atoms with van der Waals surface area (Å²) >= 11 is 0. The molecule has 0 fully saturated rings. The number of carboxylic acid groups (broad SMARTS) is 1. The SMILES string of the molecule is C=C.CC=CC(=O)OC(=O)/C=C\C(=O)O.